The Labute approximate surface area is 189 Å². The lowest BCUT2D eigenvalue weighted by Crippen LogP contribution is -2.22. The van der Waals surface area contributed by atoms with Crippen molar-refractivity contribution in [3.8, 4) is 23.0 Å². The fourth-order valence-corrected chi connectivity index (χ4v) is 3.78. The average molecular weight is 427 g/mol. The van der Waals surface area contributed by atoms with Gasteiger partial charge in [-0.3, -0.25) is 0 Å². The highest BCUT2D eigenvalue weighted by molar-refractivity contribution is 5.58. The number of hydrogen-bond acceptors (Lipinski definition) is 3. The molecule has 0 radical (unpaired) electrons. The number of aromatic hydroxyl groups is 2. The molecule has 31 heavy (non-hydrogen) atoms. The highest BCUT2D eigenvalue weighted by Crippen LogP contribution is 2.49. The third kappa shape index (κ3) is 5.56. The van der Waals surface area contributed by atoms with Crippen LogP contribution in [-0.2, 0) is 21.7 Å². The van der Waals surface area contributed by atoms with Crippen LogP contribution in [-0.4, -0.2) is 10.2 Å². The summed E-state index contributed by atoms with van der Waals surface area (Å²) < 4.78 is 6.90. The molecule has 2 N–H and O–H groups in total. The first-order valence-corrected chi connectivity index (χ1v) is 11.2. The zero-order valence-corrected chi connectivity index (χ0v) is 21.6. The van der Waals surface area contributed by atoms with Crippen molar-refractivity contribution in [1.82, 2.24) is 0 Å². The third-order valence-electron chi connectivity index (χ3n) is 5.58. The molecule has 0 aliphatic rings. The maximum atomic E-state index is 10.5. The minimum atomic E-state index is -0.227. The van der Waals surface area contributed by atoms with Gasteiger partial charge < -0.3 is 14.9 Å². The number of benzene rings is 2. The van der Waals surface area contributed by atoms with E-state index in [1.165, 1.54) is 0 Å². The highest BCUT2D eigenvalue weighted by Gasteiger charge is 2.33. The topological polar surface area (TPSA) is 49.7 Å². The van der Waals surface area contributed by atoms with Crippen LogP contribution < -0.4 is 4.74 Å². The molecule has 0 amide bonds. The van der Waals surface area contributed by atoms with Gasteiger partial charge in [0, 0.05) is 22.3 Å². The van der Waals surface area contributed by atoms with E-state index in [4.69, 9.17) is 4.74 Å². The van der Waals surface area contributed by atoms with Crippen molar-refractivity contribution < 1.29 is 14.9 Å². The minimum Gasteiger partial charge on any atom is -0.508 e. The van der Waals surface area contributed by atoms with Gasteiger partial charge in [-0.1, -0.05) is 83.1 Å². The third-order valence-corrected chi connectivity index (χ3v) is 5.58. The molecule has 2 rings (SSSR count). The first-order valence-electron chi connectivity index (χ1n) is 11.2. The van der Waals surface area contributed by atoms with Gasteiger partial charge >= 0.3 is 0 Å². The fourth-order valence-electron chi connectivity index (χ4n) is 3.78. The summed E-state index contributed by atoms with van der Waals surface area (Å²) in [4.78, 5) is 0. The first-order chi connectivity index (χ1) is 13.7. The zero-order valence-electron chi connectivity index (χ0n) is 21.6. The van der Waals surface area contributed by atoms with Crippen molar-refractivity contribution in [3.63, 3.8) is 0 Å². The molecule has 3 nitrogen and oxygen atoms in total. The van der Waals surface area contributed by atoms with Gasteiger partial charge in [-0.15, -0.1) is 0 Å². The second kappa shape index (κ2) is 7.76. The molecular formula is C28H42O3. The smallest absolute Gasteiger partial charge is 0.135 e. The Hall–Kier alpha value is -2.16. The lowest BCUT2D eigenvalue weighted by molar-refractivity contribution is 0.393. The summed E-state index contributed by atoms with van der Waals surface area (Å²) in [5.74, 6) is 2.08. The molecular weight excluding hydrogens is 384 g/mol. The van der Waals surface area contributed by atoms with E-state index in [-0.39, 0.29) is 33.2 Å². The Morgan fingerprint density at radius 2 is 0.645 bits per heavy atom. The predicted molar refractivity (Wildman–Crippen MR) is 131 cm³/mol. The lowest BCUT2D eigenvalue weighted by atomic mass is 9.78. The molecule has 0 atom stereocenters. The van der Waals surface area contributed by atoms with E-state index in [1.807, 2.05) is 24.3 Å². The lowest BCUT2D eigenvalue weighted by Gasteiger charge is -2.34. The Balaban J connectivity index is 2.98. The Morgan fingerprint density at radius 3 is 0.806 bits per heavy atom. The zero-order chi connectivity index (χ0) is 24.2. The molecule has 0 aliphatic heterocycles. The SMILES string of the molecule is CC(C)(C)c1cc(O)cc(C(C)(C)C)c1Oc1c(C(C)(C)C)cc(O)cc1C(C)(C)C. The second-order valence-electron chi connectivity index (χ2n) is 12.8. The van der Waals surface area contributed by atoms with Crippen LogP contribution in [0.15, 0.2) is 24.3 Å². The van der Waals surface area contributed by atoms with E-state index >= 15 is 0 Å². The Kier molecular flexibility index (Phi) is 6.28. The van der Waals surface area contributed by atoms with Crippen LogP contribution in [0.4, 0.5) is 0 Å². The van der Waals surface area contributed by atoms with E-state index in [1.54, 1.807) is 0 Å². The normalized spacial score (nSPS) is 13.4. The van der Waals surface area contributed by atoms with Crippen molar-refractivity contribution in [2.45, 2.75) is 105 Å². The van der Waals surface area contributed by atoms with Gasteiger partial charge in [-0.25, -0.2) is 0 Å². The molecule has 2 aromatic carbocycles. The van der Waals surface area contributed by atoms with E-state index in [0.29, 0.717) is 0 Å². The molecule has 0 heterocycles. The molecule has 0 aromatic heterocycles. The molecule has 3 heteroatoms. The van der Waals surface area contributed by atoms with Crippen LogP contribution in [0, 0.1) is 0 Å². The molecule has 0 spiro atoms. The maximum absolute atomic E-state index is 10.5. The van der Waals surface area contributed by atoms with Gasteiger partial charge in [0.25, 0.3) is 0 Å². The van der Waals surface area contributed by atoms with Crippen molar-refractivity contribution in [2.24, 2.45) is 0 Å². The van der Waals surface area contributed by atoms with E-state index < -0.39 is 0 Å². The molecule has 0 saturated heterocycles. The molecule has 2 aromatic rings. The van der Waals surface area contributed by atoms with Gasteiger partial charge in [0.1, 0.15) is 23.0 Å². The van der Waals surface area contributed by atoms with Gasteiger partial charge in [0.2, 0.25) is 0 Å². The monoisotopic (exact) mass is 426 g/mol. The molecule has 172 valence electrons. The van der Waals surface area contributed by atoms with Crippen molar-refractivity contribution in [1.29, 1.82) is 0 Å². The van der Waals surface area contributed by atoms with Crippen LogP contribution in [0.5, 0.6) is 23.0 Å². The van der Waals surface area contributed by atoms with Crippen molar-refractivity contribution >= 4 is 0 Å². The summed E-state index contributed by atoms with van der Waals surface area (Å²) in [6.07, 6.45) is 0. The van der Waals surface area contributed by atoms with Gasteiger partial charge in [-0.2, -0.15) is 0 Å². The number of hydrogen-bond donors (Lipinski definition) is 2. The fraction of sp³-hybridized carbons (Fsp3) is 0.571. The van der Waals surface area contributed by atoms with Gasteiger partial charge in [0.15, 0.2) is 0 Å². The Morgan fingerprint density at radius 1 is 0.452 bits per heavy atom. The number of phenols is 2. The Bertz CT molecular complexity index is 806. The second-order valence-corrected chi connectivity index (χ2v) is 12.8. The molecule has 0 bridgehead atoms. The predicted octanol–water partition coefficient (Wildman–Crippen LogP) is 8.08. The molecule has 0 saturated carbocycles. The van der Waals surface area contributed by atoms with Crippen molar-refractivity contribution in [2.75, 3.05) is 0 Å². The summed E-state index contributed by atoms with van der Waals surface area (Å²) >= 11 is 0. The van der Waals surface area contributed by atoms with Crippen LogP contribution in [0.25, 0.3) is 0 Å². The van der Waals surface area contributed by atoms with E-state index in [0.717, 1.165) is 33.8 Å². The first kappa shape index (κ1) is 25.1. The average Bonchev–Trinajstić information content (AvgIpc) is 2.53. The van der Waals surface area contributed by atoms with Crippen LogP contribution in [0.1, 0.15) is 105 Å². The van der Waals surface area contributed by atoms with Crippen molar-refractivity contribution in [3.05, 3.63) is 46.5 Å². The summed E-state index contributed by atoms with van der Waals surface area (Å²) in [6, 6.07) is 7.27. The quantitative estimate of drug-likeness (QED) is 0.510. The van der Waals surface area contributed by atoms with Crippen LogP contribution >= 0.6 is 0 Å². The number of rotatable bonds is 2. The summed E-state index contributed by atoms with van der Waals surface area (Å²) in [5.41, 5.74) is 2.94. The van der Waals surface area contributed by atoms with Crippen LogP contribution in [0.3, 0.4) is 0 Å². The largest absolute Gasteiger partial charge is 0.508 e. The van der Waals surface area contributed by atoms with E-state index in [2.05, 4.69) is 83.1 Å². The van der Waals surface area contributed by atoms with E-state index in [9.17, 15) is 10.2 Å². The molecule has 0 aliphatic carbocycles. The van der Waals surface area contributed by atoms with Gasteiger partial charge in [0.05, 0.1) is 0 Å². The summed E-state index contributed by atoms with van der Waals surface area (Å²) in [7, 11) is 0. The maximum Gasteiger partial charge on any atom is 0.135 e. The van der Waals surface area contributed by atoms with Crippen LogP contribution in [0.2, 0.25) is 0 Å². The number of ether oxygens (including phenoxy) is 1. The standard InChI is InChI=1S/C28H42O3/c1-25(2,3)19-13-17(29)14-20(26(4,5)6)23(19)31-24-21(27(7,8)9)15-18(30)16-22(24)28(10,11)12/h13-16,29-30H,1-12H3. The minimum absolute atomic E-state index is 0.227. The van der Waals surface area contributed by atoms with Gasteiger partial charge in [-0.05, 0) is 45.9 Å². The number of phenolic OH excluding ortho intramolecular Hbond substituents is 2. The molecule has 0 fully saturated rings. The summed E-state index contributed by atoms with van der Waals surface area (Å²) in [6.45, 7) is 25.6. The summed E-state index contributed by atoms with van der Waals surface area (Å²) in [5, 5.41) is 21.1. The molecule has 0 unspecified atom stereocenters. The highest BCUT2D eigenvalue weighted by atomic mass is 16.5.